The van der Waals surface area contributed by atoms with Gasteiger partial charge in [-0.1, -0.05) is 0 Å². The first-order chi connectivity index (χ1) is 8.85. The maximum Gasteiger partial charge on any atom is 0.323 e. The maximum absolute atomic E-state index is 10.9. The highest BCUT2D eigenvalue weighted by Crippen LogP contribution is 2.11. The van der Waals surface area contributed by atoms with Crippen LogP contribution in [0.2, 0.25) is 0 Å². The van der Waals surface area contributed by atoms with Crippen molar-refractivity contribution in [1.29, 1.82) is 0 Å². The molecule has 0 saturated carbocycles. The Bertz CT molecular complexity index is 259. The predicted octanol–water partition coefficient (Wildman–Crippen LogP) is 0.552. The predicted molar refractivity (Wildman–Crippen MR) is 74.2 cm³/mol. The number of nitrogens with zero attached hydrogens (tertiary/aromatic N) is 1. The number of carboxylic acid groups (broad SMARTS) is 1. The highest BCUT2D eigenvalue weighted by molar-refractivity contribution is 5.77. The van der Waals surface area contributed by atoms with E-state index in [0.29, 0.717) is 19.6 Å². The molecule has 0 aromatic rings. The van der Waals surface area contributed by atoms with Gasteiger partial charge >= 0.3 is 5.97 Å². The Kier molecular flexibility index (Phi) is 8.92. The van der Waals surface area contributed by atoms with E-state index < -0.39 is 11.5 Å². The number of hydrogen-bond acceptors (Lipinski definition) is 5. The third-order valence-electron chi connectivity index (χ3n) is 3.24. The lowest BCUT2D eigenvalue weighted by Crippen LogP contribution is -2.46. The third-order valence-corrected chi connectivity index (χ3v) is 3.24. The van der Waals surface area contributed by atoms with Crippen LogP contribution >= 0.6 is 0 Å². The fraction of sp³-hybridized carbons (Fsp3) is 0.923. The minimum Gasteiger partial charge on any atom is -0.480 e. The Labute approximate surface area is 115 Å². The summed E-state index contributed by atoms with van der Waals surface area (Å²) in [6.07, 6.45) is 1.18. The van der Waals surface area contributed by atoms with Crippen molar-refractivity contribution >= 4 is 5.97 Å². The summed E-state index contributed by atoms with van der Waals surface area (Å²) < 4.78 is 10.2. The van der Waals surface area contributed by atoms with Gasteiger partial charge in [0.25, 0.3) is 0 Å². The summed E-state index contributed by atoms with van der Waals surface area (Å²) in [6, 6.07) is 0.272. The van der Waals surface area contributed by atoms with Crippen molar-refractivity contribution in [2.75, 3.05) is 40.5 Å². The van der Waals surface area contributed by atoms with E-state index in [9.17, 15) is 4.79 Å². The molecule has 0 heterocycles. The minimum absolute atomic E-state index is 0.272. The van der Waals surface area contributed by atoms with Gasteiger partial charge < -0.3 is 20.3 Å². The summed E-state index contributed by atoms with van der Waals surface area (Å²) in [5.41, 5.74) is 4.56. The molecule has 0 aliphatic heterocycles. The first-order valence-electron chi connectivity index (χ1n) is 6.59. The van der Waals surface area contributed by atoms with Crippen molar-refractivity contribution in [3.63, 3.8) is 0 Å². The molecule has 0 aliphatic carbocycles. The molecule has 0 saturated heterocycles. The zero-order valence-corrected chi connectivity index (χ0v) is 12.5. The van der Waals surface area contributed by atoms with Crippen LogP contribution in [0.1, 0.15) is 26.7 Å². The van der Waals surface area contributed by atoms with Gasteiger partial charge in [0.05, 0.1) is 13.2 Å². The van der Waals surface area contributed by atoms with E-state index in [4.69, 9.17) is 20.3 Å². The molecule has 2 unspecified atom stereocenters. The second kappa shape index (κ2) is 9.25. The van der Waals surface area contributed by atoms with Gasteiger partial charge in [-0.15, -0.1) is 0 Å². The average Bonchev–Trinajstić information content (AvgIpc) is 2.33. The standard InChI is InChI=1S/C13H28N2O4/c1-11(10-19-4)15(8-9-18-3)7-5-6-13(2,14)12(16)17/h11H,5-10,14H2,1-4H3,(H,16,17). The molecule has 0 amide bonds. The van der Waals surface area contributed by atoms with Gasteiger partial charge in [-0.3, -0.25) is 9.69 Å². The van der Waals surface area contributed by atoms with Gasteiger partial charge in [-0.2, -0.15) is 0 Å². The molecule has 0 spiro atoms. The molecule has 6 heteroatoms. The van der Waals surface area contributed by atoms with Crippen molar-refractivity contribution in [3.05, 3.63) is 0 Å². The van der Waals surface area contributed by atoms with Crippen LogP contribution in [-0.2, 0) is 14.3 Å². The van der Waals surface area contributed by atoms with Gasteiger partial charge in [0, 0.05) is 26.8 Å². The molecular formula is C13H28N2O4. The number of carboxylic acids is 1. The molecule has 3 N–H and O–H groups in total. The lowest BCUT2D eigenvalue weighted by molar-refractivity contribution is -0.143. The van der Waals surface area contributed by atoms with Crippen LogP contribution in [0, 0.1) is 0 Å². The smallest absolute Gasteiger partial charge is 0.323 e. The summed E-state index contributed by atoms with van der Waals surface area (Å²) in [5, 5.41) is 8.96. The number of hydrogen-bond donors (Lipinski definition) is 2. The van der Waals surface area contributed by atoms with Crippen molar-refractivity contribution < 1.29 is 19.4 Å². The van der Waals surface area contributed by atoms with Crippen molar-refractivity contribution in [3.8, 4) is 0 Å². The summed E-state index contributed by atoms with van der Waals surface area (Å²) in [4.78, 5) is 13.2. The average molecular weight is 276 g/mol. The van der Waals surface area contributed by atoms with E-state index in [0.717, 1.165) is 19.5 Å². The Morgan fingerprint density at radius 1 is 1.37 bits per heavy atom. The van der Waals surface area contributed by atoms with E-state index in [-0.39, 0.29) is 6.04 Å². The van der Waals surface area contributed by atoms with Gasteiger partial charge in [0.1, 0.15) is 5.54 Å². The van der Waals surface area contributed by atoms with Crippen LogP contribution in [0.3, 0.4) is 0 Å². The highest BCUT2D eigenvalue weighted by atomic mass is 16.5. The number of aliphatic carboxylic acids is 1. The molecule has 0 aliphatic rings. The van der Waals surface area contributed by atoms with Gasteiger partial charge in [0.15, 0.2) is 0 Å². The van der Waals surface area contributed by atoms with Gasteiger partial charge in [-0.05, 0) is 33.2 Å². The van der Waals surface area contributed by atoms with E-state index in [1.807, 2.05) is 0 Å². The SMILES string of the molecule is COCCN(CCCC(C)(N)C(=O)O)C(C)COC. The fourth-order valence-electron chi connectivity index (χ4n) is 1.86. The Morgan fingerprint density at radius 2 is 2.00 bits per heavy atom. The number of ether oxygens (including phenoxy) is 2. The van der Waals surface area contributed by atoms with Crippen LogP contribution in [-0.4, -0.2) is 68.1 Å². The van der Waals surface area contributed by atoms with Crippen LogP contribution in [0.25, 0.3) is 0 Å². The molecular weight excluding hydrogens is 248 g/mol. The molecule has 0 fully saturated rings. The normalized spacial score (nSPS) is 16.3. The number of carbonyl (C=O) groups is 1. The van der Waals surface area contributed by atoms with E-state index in [2.05, 4.69) is 11.8 Å². The van der Waals surface area contributed by atoms with Crippen molar-refractivity contribution in [2.45, 2.75) is 38.3 Å². The summed E-state index contributed by atoms with van der Waals surface area (Å²) in [5.74, 6) is -0.958. The fourth-order valence-corrected chi connectivity index (χ4v) is 1.86. The molecule has 0 aromatic heterocycles. The van der Waals surface area contributed by atoms with Gasteiger partial charge in [0.2, 0.25) is 0 Å². The number of nitrogens with two attached hydrogens (primary N) is 1. The lowest BCUT2D eigenvalue weighted by Gasteiger charge is -2.29. The van der Waals surface area contributed by atoms with Crippen molar-refractivity contribution in [1.82, 2.24) is 4.90 Å². The first kappa shape index (κ1) is 18.3. The molecule has 0 rings (SSSR count). The molecule has 6 nitrogen and oxygen atoms in total. The summed E-state index contributed by atoms with van der Waals surface area (Å²) >= 11 is 0. The molecule has 0 bridgehead atoms. The minimum atomic E-state index is -1.16. The molecule has 0 radical (unpaired) electrons. The molecule has 2 atom stereocenters. The number of methoxy groups -OCH3 is 2. The third kappa shape index (κ3) is 7.47. The quantitative estimate of drug-likeness (QED) is 0.573. The molecule has 114 valence electrons. The lowest BCUT2D eigenvalue weighted by atomic mass is 9.97. The Hall–Kier alpha value is -0.690. The summed E-state index contributed by atoms with van der Waals surface area (Å²) in [7, 11) is 3.34. The summed E-state index contributed by atoms with van der Waals surface area (Å²) in [6.45, 7) is 6.50. The maximum atomic E-state index is 10.9. The van der Waals surface area contributed by atoms with Crippen LogP contribution < -0.4 is 5.73 Å². The van der Waals surface area contributed by atoms with Crippen LogP contribution in [0.4, 0.5) is 0 Å². The second-order valence-corrected chi connectivity index (χ2v) is 5.16. The Morgan fingerprint density at radius 3 is 2.47 bits per heavy atom. The van der Waals surface area contributed by atoms with Crippen LogP contribution in [0.15, 0.2) is 0 Å². The van der Waals surface area contributed by atoms with E-state index >= 15 is 0 Å². The zero-order valence-electron chi connectivity index (χ0n) is 12.5. The highest BCUT2D eigenvalue weighted by Gasteiger charge is 2.27. The van der Waals surface area contributed by atoms with Gasteiger partial charge in [-0.25, -0.2) is 0 Å². The van der Waals surface area contributed by atoms with E-state index in [1.165, 1.54) is 0 Å². The van der Waals surface area contributed by atoms with Crippen LogP contribution in [0.5, 0.6) is 0 Å². The number of rotatable bonds is 11. The first-order valence-corrected chi connectivity index (χ1v) is 6.59. The van der Waals surface area contributed by atoms with E-state index in [1.54, 1.807) is 21.1 Å². The monoisotopic (exact) mass is 276 g/mol. The Balaban J connectivity index is 4.21. The largest absolute Gasteiger partial charge is 0.480 e. The van der Waals surface area contributed by atoms with Crippen molar-refractivity contribution in [2.24, 2.45) is 5.73 Å². The molecule has 19 heavy (non-hydrogen) atoms. The second-order valence-electron chi connectivity index (χ2n) is 5.16. The zero-order chi connectivity index (χ0) is 14.9. The topological polar surface area (TPSA) is 85.0 Å². The molecule has 0 aromatic carbocycles.